The van der Waals surface area contributed by atoms with Gasteiger partial charge in [0.2, 0.25) is 5.91 Å². The first-order valence-corrected chi connectivity index (χ1v) is 6.57. The van der Waals surface area contributed by atoms with Crippen LogP contribution < -0.4 is 15.5 Å². The van der Waals surface area contributed by atoms with Crippen molar-refractivity contribution in [2.45, 2.75) is 20.4 Å². The van der Waals surface area contributed by atoms with E-state index in [9.17, 15) is 9.18 Å². The van der Waals surface area contributed by atoms with E-state index in [1.54, 1.807) is 13.1 Å². The maximum atomic E-state index is 13.3. The quantitative estimate of drug-likeness (QED) is 0.787. The molecule has 0 bridgehead atoms. The van der Waals surface area contributed by atoms with E-state index in [1.165, 1.54) is 12.1 Å². The molecule has 0 aliphatic carbocycles. The van der Waals surface area contributed by atoms with Crippen LogP contribution in [0.25, 0.3) is 0 Å². The monoisotopic (exact) mass is 267 g/mol. The Morgan fingerprint density at radius 2 is 2.11 bits per heavy atom. The molecule has 1 amide bonds. The number of nitrogens with one attached hydrogen (secondary N) is 2. The molecule has 5 heteroatoms. The Hall–Kier alpha value is -1.62. The zero-order valence-corrected chi connectivity index (χ0v) is 11.8. The van der Waals surface area contributed by atoms with Gasteiger partial charge in [0.1, 0.15) is 5.82 Å². The van der Waals surface area contributed by atoms with Gasteiger partial charge in [-0.3, -0.25) is 4.79 Å². The molecule has 1 rings (SSSR count). The number of benzene rings is 1. The van der Waals surface area contributed by atoms with Gasteiger partial charge >= 0.3 is 0 Å². The molecule has 0 aliphatic heterocycles. The number of nitrogens with zero attached hydrogens (tertiary/aromatic N) is 1. The lowest BCUT2D eigenvalue weighted by atomic mass is 10.1. The van der Waals surface area contributed by atoms with E-state index in [1.807, 2.05) is 18.7 Å². The largest absolute Gasteiger partial charge is 0.362 e. The average Bonchev–Trinajstić information content (AvgIpc) is 2.42. The normalized spacial score (nSPS) is 10.3. The second-order valence-electron chi connectivity index (χ2n) is 4.24. The number of rotatable bonds is 7. The van der Waals surface area contributed by atoms with Crippen LogP contribution in [0.15, 0.2) is 18.2 Å². The third kappa shape index (κ3) is 4.52. The maximum absolute atomic E-state index is 13.3. The van der Waals surface area contributed by atoms with E-state index in [0.717, 1.165) is 17.8 Å². The van der Waals surface area contributed by atoms with Gasteiger partial charge in [-0.2, -0.15) is 0 Å². The van der Waals surface area contributed by atoms with Crippen molar-refractivity contribution in [2.75, 3.05) is 31.6 Å². The number of carbonyl (C=O) groups is 1. The summed E-state index contributed by atoms with van der Waals surface area (Å²) in [5.74, 6) is -0.312. The molecule has 0 fully saturated rings. The Morgan fingerprint density at radius 3 is 2.68 bits per heavy atom. The minimum atomic E-state index is -0.257. The summed E-state index contributed by atoms with van der Waals surface area (Å²) in [5.41, 5.74) is 1.76. The summed E-state index contributed by atoms with van der Waals surface area (Å²) >= 11 is 0. The van der Waals surface area contributed by atoms with Crippen molar-refractivity contribution < 1.29 is 9.18 Å². The van der Waals surface area contributed by atoms with Crippen molar-refractivity contribution in [1.82, 2.24) is 10.6 Å². The highest BCUT2D eigenvalue weighted by atomic mass is 19.1. The van der Waals surface area contributed by atoms with Crippen molar-refractivity contribution in [3.8, 4) is 0 Å². The lowest BCUT2D eigenvalue weighted by molar-refractivity contribution is -0.119. The highest BCUT2D eigenvalue weighted by molar-refractivity contribution is 5.81. The number of halogens is 1. The molecule has 1 aromatic carbocycles. The fraction of sp³-hybridized carbons (Fsp3) is 0.500. The fourth-order valence-electron chi connectivity index (χ4n) is 1.88. The molecule has 0 aliphatic rings. The molecule has 0 unspecified atom stereocenters. The second-order valence-corrected chi connectivity index (χ2v) is 4.24. The lowest BCUT2D eigenvalue weighted by Crippen LogP contribution is -2.36. The number of anilines is 1. The first-order chi connectivity index (χ1) is 9.12. The van der Waals surface area contributed by atoms with Crippen LogP contribution in [0, 0.1) is 5.82 Å². The summed E-state index contributed by atoms with van der Waals surface area (Å²) in [6.07, 6.45) is 0. The van der Waals surface area contributed by atoms with Gasteiger partial charge in [-0.05, 0) is 37.2 Å². The van der Waals surface area contributed by atoms with Crippen LogP contribution in [-0.4, -0.2) is 32.6 Å². The summed E-state index contributed by atoms with van der Waals surface area (Å²) in [4.78, 5) is 13.4. The Labute approximate surface area is 114 Å². The Kier molecular flexibility index (Phi) is 6.29. The predicted molar refractivity (Wildman–Crippen MR) is 75.7 cm³/mol. The molecule has 0 radical (unpaired) electrons. The van der Waals surface area contributed by atoms with Crippen LogP contribution in [0.3, 0.4) is 0 Å². The van der Waals surface area contributed by atoms with Gasteiger partial charge in [-0.15, -0.1) is 0 Å². The minimum Gasteiger partial charge on any atom is -0.362 e. The minimum absolute atomic E-state index is 0.0550. The highest BCUT2D eigenvalue weighted by Gasteiger charge is 2.13. The van der Waals surface area contributed by atoms with E-state index < -0.39 is 0 Å². The third-order valence-electron chi connectivity index (χ3n) is 2.94. The van der Waals surface area contributed by atoms with Gasteiger partial charge in [0, 0.05) is 25.8 Å². The molecule has 1 aromatic rings. The Bertz CT molecular complexity index is 423. The molecule has 4 nitrogen and oxygen atoms in total. The van der Waals surface area contributed by atoms with Gasteiger partial charge in [-0.25, -0.2) is 4.39 Å². The number of amides is 1. The summed E-state index contributed by atoms with van der Waals surface area (Å²) in [5, 5.41) is 5.79. The standard InChI is InChI=1S/C14H22FN3O/c1-4-17-9-11-8-12(15)6-7-13(11)18(5-2)10-14(19)16-3/h6-8,17H,4-5,9-10H2,1-3H3,(H,16,19). The first kappa shape index (κ1) is 15.4. The number of hydrogen-bond donors (Lipinski definition) is 2. The zero-order chi connectivity index (χ0) is 14.3. The summed E-state index contributed by atoms with van der Waals surface area (Å²) < 4.78 is 13.3. The van der Waals surface area contributed by atoms with Crippen LogP contribution in [-0.2, 0) is 11.3 Å². The Balaban J connectivity index is 2.97. The first-order valence-electron chi connectivity index (χ1n) is 6.57. The summed E-state index contributed by atoms with van der Waals surface area (Å²) in [6.45, 7) is 6.35. The summed E-state index contributed by atoms with van der Waals surface area (Å²) in [6, 6.07) is 4.68. The summed E-state index contributed by atoms with van der Waals surface area (Å²) in [7, 11) is 1.61. The molecule has 106 valence electrons. The van der Waals surface area contributed by atoms with E-state index in [2.05, 4.69) is 10.6 Å². The molecule has 19 heavy (non-hydrogen) atoms. The van der Waals surface area contributed by atoms with E-state index in [4.69, 9.17) is 0 Å². The van der Waals surface area contributed by atoms with Gasteiger partial charge in [-0.1, -0.05) is 6.92 Å². The second kappa shape index (κ2) is 7.74. The van der Waals surface area contributed by atoms with Gasteiger partial charge in [0.25, 0.3) is 0 Å². The van der Waals surface area contributed by atoms with Gasteiger partial charge < -0.3 is 15.5 Å². The average molecular weight is 267 g/mol. The lowest BCUT2D eigenvalue weighted by Gasteiger charge is -2.25. The van der Waals surface area contributed by atoms with Crippen LogP contribution in [0.1, 0.15) is 19.4 Å². The number of carbonyl (C=O) groups excluding carboxylic acids is 1. The topological polar surface area (TPSA) is 44.4 Å². The predicted octanol–water partition coefficient (Wildman–Crippen LogP) is 1.51. The van der Waals surface area contributed by atoms with Crippen LogP contribution in [0.4, 0.5) is 10.1 Å². The van der Waals surface area contributed by atoms with Crippen molar-refractivity contribution in [2.24, 2.45) is 0 Å². The van der Waals surface area contributed by atoms with E-state index >= 15 is 0 Å². The zero-order valence-electron chi connectivity index (χ0n) is 11.8. The number of likely N-dealkylation sites (N-methyl/N-ethyl adjacent to an activating group) is 2. The number of hydrogen-bond acceptors (Lipinski definition) is 3. The maximum Gasteiger partial charge on any atom is 0.239 e. The van der Waals surface area contributed by atoms with Gasteiger partial charge in [0.15, 0.2) is 0 Å². The van der Waals surface area contributed by atoms with Gasteiger partial charge in [0.05, 0.1) is 6.54 Å². The van der Waals surface area contributed by atoms with Crippen LogP contribution in [0.2, 0.25) is 0 Å². The highest BCUT2D eigenvalue weighted by Crippen LogP contribution is 2.21. The smallest absolute Gasteiger partial charge is 0.239 e. The van der Waals surface area contributed by atoms with Crippen molar-refractivity contribution in [3.05, 3.63) is 29.6 Å². The molecule has 0 atom stereocenters. The van der Waals surface area contributed by atoms with Crippen molar-refractivity contribution in [3.63, 3.8) is 0 Å². The molecular formula is C14H22FN3O. The van der Waals surface area contributed by atoms with E-state index in [0.29, 0.717) is 13.1 Å². The molecule has 0 heterocycles. The molecule has 0 spiro atoms. The fourth-order valence-corrected chi connectivity index (χ4v) is 1.88. The molecule has 0 aromatic heterocycles. The SMILES string of the molecule is CCNCc1cc(F)ccc1N(CC)CC(=O)NC. The van der Waals surface area contributed by atoms with Crippen molar-refractivity contribution in [1.29, 1.82) is 0 Å². The van der Waals surface area contributed by atoms with Crippen molar-refractivity contribution >= 4 is 11.6 Å². The van der Waals surface area contributed by atoms with E-state index in [-0.39, 0.29) is 18.3 Å². The van der Waals surface area contributed by atoms with Crippen LogP contribution in [0.5, 0.6) is 0 Å². The molecule has 0 saturated heterocycles. The molecule has 0 saturated carbocycles. The Morgan fingerprint density at radius 1 is 1.37 bits per heavy atom. The molecule has 2 N–H and O–H groups in total. The molecular weight excluding hydrogens is 245 g/mol. The third-order valence-corrected chi connectivity index (χ3v) is 2.94. The van der Waals surface area contributed by atoms with Crippen LogP contribution >= 0.6 is 0 Å².